The molecule has 4 aromatic rings. The molecule has 0 radical (unpaired) electrons. The summed E-state index contributed by atoms with van der Waals surface area (Å²) in [6.07, 6.45) is 3.19. The van der Waals surface area contributed by atoms with Gasteiger partial charge in [-0.3, -0.25) is 0 Å². The Kier molecular flexibility index (Phi) is 6.13. The molecule has 1 aliphatic rings. The number of nitrogens with zero attached hydrogens (tertiary/aromatic N) is 3. The predicted molar refractivity (Wildman–Crippen MR) is 130 cm³/mol. The van der Waals surface area contributed by atoms with Gasteiger partial charge < -0.3 is 14.8 Å². The summed E-state index contributed by atoms with van der Waals surface area (Å²) < 4.78 is 13.3. The second-order valence-electron chi connectivity index (χ2n) is 8.05. The van der Waals surface area contributed by atoms with Gasteiger partial charge in [-0.2, -0.15) is 10.1 Å². The average Bonchev–Trinajstić information content (AvgIpc) is 3.35. The van der Waals surface area contributed by atoms with Crippen molar-refractivity contribution in [2.24, 2.45) is 5.92 Å². The molecule has 3 heterocycles. The number of nitrogens with one attached hydrogen (secondary N) is 3. The summed E-state index contributed by atoms with van der Waals surface area (Å²) in [6, 6.07) is 20.5. The summed E-state index contributed by atoms with van der Waals surface area (Å²) in [7, 11) is 1.59. The molecule has 2 aromatic carbocycles. The van der Waals surface area contributed by atoms with Crippen molar-refractivity contribution in [1.82, 2.24) is 14.8 Å². The van der Waals surface area contributed by atoms with Crippen LogP contribution in [0.4, 0.5) is 11.8 Å². The molecule has 0 fully saturated rings. The van der Waals surface area contributed by atoms with Crippen LogP contribution in [0, 0.1) is 5.92 Å². The molecule has 0 bridgehead atoms. The van der Waals surface area contributed by atoms with Crippen LogP contribution in [0.3, 0.4) is 0 Å². The number of carbonyl (C=O) groups is 1. The van der Waals surface area contributed by atoms with Crippen molar-refractivity contribution in [3.8, 4) is 11.5 Å². The minimum Gasteiger partial charge on any atom is -0.493 e. The van der Waals surface area contributed by atoms with E-state index in [9.17, 15) is 4.79 Å². The molecule has 0 aliphatic carbocycles. The number of aromatic nitrogens is 4. The molecule has 2 unspecified atom stereocenters. The van der Waals surface area contributed by atoms with Crippen LogP contribution in [0.2, 0.25) is 0 Å². The van der Waals surface area contributed by atoms with E-state index in [1.165, 1.54) is 6.33 Å². The summed E-state index contributed by atoms with van der Waals surface area (Å²) in [5, 5.41) is 10.4. The Morgan fingerprint density at radius 1 is 1.14 bits per heavy atom. The van der Waals surface area contributed by atoms with Gasteiger partial charge in [-0.1, -0.05) is 49.0 Å². The van der Waals surface area contributed by atoms with E-state index < -0.39 is 12.0 Å². The van der Waals surface area contributed by atoms with Gasteiger partial charge in [0.05, 0.1) is 13.3 Å². The molecule has 2 aromatic heterocycles. The molecule has 35 heavy (non-hydrogen) atoms. The van der Waals surface area contributed by atoms with Crippen molar-refractivity contribution < 1.29 is 19.3 Å². The number of hydrogen-bond acceptors (Lipinski definition) is 6. The number of carbonyl (C=O) groups excluding carboxylic acids is 1. The number of rotatable bonds is 7. The molecule has 1 amide bonds. The average molecular weight is 470 g/mol. The van der Waals surface area contributed by atoms with E-state index in [2.05, 4.69) is 32.3 Å². The first-order valence-corrected chi connectivity index (χ1v) is 11.1. The number of benzene rings is 2. The van der Waals surface area contributed by atoms with Gasteiger partial charge in [0.1, 0.15) is 24.9 Å². The SMILES string of the molecule is C=C1Nc2ncnn2C(c2ccc(OCc3ccccc3)c(OC)c2)C1C(=O)Nc1cccc[nH+]1. The Hall–Kier alpha value is -4.66. The van der Waals surface area contributed by atoms with Gasteiger partial charge in [-0.05, 0) is 29.3 Å². The molecule has 1 aliphatic heterocycles. The molecular weight excluding hydrogens is 444 g/mol. The molecular formula is C26H25N6O3+. The number of aromatic amines is 1. The fourth-order valence-electron chi connectivity index (χ4n) is 4.14. The maximum atomic E-state index is 13.4. The highest BCUT2D eigenvalue weighted by atomic mass is 16.5. The van der Waals surface area contributed by atoms with Crippen molar-refractivity contribution in [3.63, 3.8) is 0 Å². The van der Waals surface area contributed by atoms with Gasteiger partial charge >= 0.3 is 5.91 Å². The third kappa shape index (κ3) is 4.56. The molecule has 9 nitrogen and oxygen atoms in total. The van der Waals surface area contributed by atoms with Crippen molar-refractivity contribution in [3.05, 3.63) is 103 Å². The second kappa shape index (κ2) is 9.68. The maximum Gasteiger partial charge on any atom is 0.319 e. The smallest absolute Gasteiger partial charge is 0.319 e. The lowest BCUT2D eigenvalue weighted by Gasteiger charge is -2.32. The lowest BCUT2D eigenvalue weighted by Crippen LogP contribution is -2.40. The fraction of sp³-hybridized carbons (Fsp3) is 0.154. The number of methoxy groups -OCH3 is 1. The normalized spacial score (nSPS) is 16.7. The highest BCUT2D eigenvalue weighted by Gasteiger charge is 2.42. The van der Waals surface area contributed by atoms with Crippen LogP contribution in [0.5, 0.6) is 11.5 Å². The Morgan fingerprint density at radius 2 is 1.97 bits per heavy atom. The Labute approximate surface area is 202 Å². The van der Waals surface area contributed by atoms with E-state index in [1.54, 1.807) is 24.1 Å². The summed E-state index contributed by atoms with van der Waals surface area (Å²) in [6.45, 7) is 4.53. The number of ether oxygens (including phenoxy) is 2. The van der Waals surface area contributed by atoms with Crippen LogP contribution in [0.1, 0.15) is 17.2 Å². The number of H-pyrrole nitrogens is 1. The lowest BCUT2D eigenvalue weighted by molar-refractivity contribution is -0.360. The number of amides is 1. The molecule has 0 saturated heterocycles. The summed E-state index contributed by atoms with van der Waals surface area (Å²) in [4.78, 5) is 20.7. The third-order valence-corrected chi connectivity index (χ3v) is 5.82. The minimum absolute atomic E-state index is 0.237. The second-order valence-corrected chi connectivity index (χ2v) is 8.05. The minimum atomic E-state index is -0.668. The molecule has 0 saturated carbocycles. The zero-order valence-electron chi connectivity index (χ0n) is 19.1. The quantitative estimate of drug-likeness (QED) is 0.430. The first kappa shape index (κ1) is 22.1. The van der Waals surface area contributed by atoms with Gasteiger partial charge in [0.2, 0.25) is 5.95 Å². The first-order chi connectivity index (χ1) is 17.1. The first-order valence-electron chi connectivity index (χ1n) is 11.1. The van der Waals surface area contributed by atoms with Gasteiger partial charge in [0.25, 0.3) is 5.82 Å². The lowest BCUT2D eigenvalue weighted by atomic mass is 9.88. The Bertz CT molecular complexity index is 1340. The van der Waals surface area contributed by atoms with Crippen LogP contribution in [0.15, 0.2) is 91.5 Å². The van der Waals surface area contributed by atoms with E-state index in [1.807, 2.05) is 60.7 Å². The number of anilines is 2. The van der Waals surface area contributed by atoms with Crippen molar-refractivity contribution in [2.75, 3.05) is 17.7 Å². The van der Waals surface area contributed by atoms with Crippen LogP contribution in [0.25, 0.3) is 0 Å². The van der Waals surface area contributed by atoms with Crippen LogP contribution < -0.4 is 25.1 Å². The molecule has 176 valence electrons. The van der Waals surface area contributed by atoms with Gasteiger partial charge in [0, 0.05) is 11.8 Å². The summed E-state index contributed by atoms with van der Waals surface area (Å²) >= 11 is 0. The summed E-state index contributed by atoms with van der Waals surface area (Å²) in [5.41, 5.74) is 2.38. The summed E-state index contributed by atoms with van der Waals surface area (Å²) in [5.74, 6) is 1.35. The standard InChI is InChI=1S/C26H24N6O3/c1-17-23(25(33)31-22-10-6-7-13-27-22)24(32-26(30-17)28-16-29-32)19-11-12-20(21(14-19)34-2)35-15-18-8-4-3-5-9-18/h3-14,16,23-24H,1,15H2,2H3,(H,27,31,33)(H,28,29,30)/p+1. The Balaban J connectivity index is 1.47. The highest BCUT2D eigenvalue weighted by Crippen LogP contribution is 2.40. The molecule has 9 heteroatoms. The van der Waals surface area contributed by atoms with Crippen molar-refractivity contribution in [1.29, 1.82) is 0 Å². The number of fused-ring (bicyclic) bond motifs is 1. The fourth-order valence-corrected chi connectivity index (χ4v) is 4.14. The van der Waals surface area contributed by atoms with E-state index in [0.29, 0.717) is 35.6 Å². The monoisotopic (exact) mass is 469 g/mol. The molecule has 2 atom stereocenters. The van der Waals surface area contributed by atoms with E-state index in [0.717, 1.165) is 11.1 Å². The van der Waals surface area contributed by atoms with E-state index in [4.69, 9.17) is 9.47 Å². The van der Waals surface area contributed by atoms with Crippen LogP contribution >= 0.6 is 0 Å². The highest BCUT2D eigenvalue weighted by molar-refractivity contribution is 5.94. The molecule has 5 rings (SSSR count). The number of pyridine rings is 1. The molecule has 0 spiro atoms. The topological polar surface area (TPSA) is 104 Å². The van der Waals surface area contributed by atoms with E-state index >= 15 is 0 Å². The predicted octanol–water partition coefficient (Wildman–Crippen LogP) is 3.46. The van der Waals surface area contributed by atoms with Gasteiger partial charge in [-0.25, -0.2) is 19.8 Å². The van der Waals surface area contributed by atoms with E-state index in [-0.39, 0.29) is 5.91 Å². The largest absolute Gasteiger partial charge is 0.493 e. The van der Waals surface area contributed by atoms with Crippen LogP contribution in [-0.4, -0.2) is 27.8 Å². The van der Waals surface area contributed by atoms with Gasteiger partial charge in [0.15, 0.2) is 11.5 Å². The Morgan fingerprint density at radius 3 is 2.74 bits per heavy atom. The maximum absolute atomic E-state index is 13.4. The zero-order valence-corrected chi connectivity index (χ0v) is 19.1. The van der Waals surface area contributed by atoms with Crippen LogP contribution in [-0.2, 0) is 11.4 Å². The number of hydrogen-bond donors (Lipinski definition) is 2. The van der Waals surface area contributed by atoms with Gasteiger partial charge in [-0.15, -0.1) is 0 Å². The van der Waals surface area contributed by atoms with Crippen molar-refractivity contribution in [2.45, 2.75) is 12.6 Å². The zero-order chi connectivity index (χ0) is 24.2. The third-order valence-electron chi connectivity index (χ3n) is 5.82. The molecule has 3 N–H and O–H groups in total. The van der Waals surface area contributed by atoms with Crippen molar-refractivity contribution >= 4 is 17.7 Å².